The zero-order chi connectivity index (χ0) is 13.8. The number of ether oxygens (including phenoxy) is 2. The summed E-state index contributed by atoms with van der Waals surface area (Å²) in [5.74, 6) is 1.65. The first-order valence-corrected chi connectivity index (χ1v) is 7.31. The summed E-state index contributed by atoms with van der Waals surface area (Å²) in [4.78, 5) is 2.18. The van der Waals surface area contributed by atoms with E-state index in [1.165, 1.54) is 5.56 Å². The number of likely N-dealkylation sites (N-methyl/N-ethyl adjacent to an activating group) is 1. The lowest BCUT2D eigenvalue weighted by Gasteiger charge is -2.22. The first-order chi connectivity index (χ1) is 9.06. The normalized spacial score (nSPS) is 15.6. The number of hydrogen-bond donors (Lipinski definition) is 1. The molecule has 0 amide bonds. The summed E-state index contributed by atoms with van der Waals surface area (Å²) in [6.45, 7) is 5.26. The maximum Gasteiger partial charge on any atom is 0.175 e. The van der Waals surface area contributed by atoms with E-state index in [2.05, 4.69) is 59.3 Å². The van der Waals surface area contributed by atoms with E-state index in [0.717, 1.165) is 29.1 Å². The van der Waals surface area contributed by atoms with Gasteiger partial charge < -0.3 is 19.7 Å². The van der Waals surface area contributed by atoms with Gasteiger partial charge in [-0.15, -0.1) is 0 Å². The average Bonchev–Trinajstić information content (AvgIpc) is 2.36. The molecule has 1 aliphatic rings. The van der Waals surface area contributed by atoms with Gasteiger partial charge in [-0.2, -0.15) is 0 Å². The fraction of sp³-hybridized carbons (Fsp3) is 0.571. The van der Waals surface area contributed by atoms with Gasteiger partial charge in [0, 0.05) is 19.1 Å². The molecule has 0 saturated carbocycles. The minimum absolute atomic E-state index is 0.446. The zero-order valence-electron chi connectivity index (χ0n) is 11.7. The summed E-state index contributed by atoms with van der Waals surface area (Å²) in [5.41, 5.74) is 1.20. The molecular weight excluding hydrogens is 308 g/mol. The van der Waals surface area contributed by atoms with Crippen LogP contribution in [0.25, 0.3) is 0 Å². The molecule has 0 spiro atoms. The van der Waals surface area contributed by atoms with E-state index in [0.29, 0.717) is 19.3 Å². The summed E-state index contributed by atoms with van der Waals surface area (Å²) >= 11 is 3.54. The van der Waals surface area contributed by atoms with Crippen molar-refractivity contribution in [3.8, 4) is 11.5 Å². The van der Waals surface area contributed by atoms with Crippen LogP contribution in [0.5, 0.6) is 11.5 Å². The largest absolute Gasteiger partial charge is 0.486 e. The van der Waals surface area contributed by atoms with Gasteiger partial charge >= 0.3 is 0 Å². The monoisotopic (exact) mass is 328 g/mol. The van der Waals surface area contributed by atoms with Crippen molar-refractivity contribution in [2.75, 3.05) is 33.9 Å². The Morgan fingerprint density at radius 2 is 2.05 bits per heavy atom. The predicted octanol–water partition coefficient (Wildman–Crippen LogP) is 2.26. The SMILES string of the molecule is CC(CN(C)C)NCc1cc(Br)c2c(c1)OCCO2. The lowest BCUT2D eigenvalue weighted by molar-refractivity contribution is 0.170. The second kappa shape index (κ2) is 6.59. The van der Waals surface area contributed by atoms with Gasteiger partial charge in [0.15, 0.2) is 11.5 Å². The molecule has 1 unspecified atom stereocenters. The highest BCUT2D eigenvalue weighted by Crippen LogP contribution is 2.38. The van der Waals surface area contributed by atoms with Gasteiger partial charge in [0.05, 0.1) is 4.47 Å². The third-order valence-corrected chi connectivity index (χ3v) is 3.54. The van der Waals surface area contributed by atoms with Crippen LogP contribution in [0.15, 0.2) is 16.6 Å². The van der Waals surface area contributed by atoms with E-state index in [4.69, 9.17) is 9.47 Å². The standard InChI is InChI=1S/C14H21BrN2O2/c1-10(9-17(2)3)16-8-11-6-12(15)14-13(7-11)18-4-5-19-14/h6-7,10,16H,4-5,8-9H2,1-3H3. The summed E-state index contributed by atoms with van der Waals surface area (Å²) in [7, 11) is 4.16. The first-order valence-electron chi connectivity index (χ1n) is 6.52. The number of benzene rings is 1. The lowest BCUT2D eigenvalue weighted by atomic mass is 10.2. The van der Waals surface area contributed by atoms with Crippen molar-refractivity contribution < 1.29 is 9.47 Å². The fourth-order valence-electron chi connectivity index (χ4n) is 2.17. The van der Waals surface area contributed by atoms with Crippen molar-refractivity contribution in [1.82, 2.24) is 10.2 Å². The van der Waals surface area contributed by atoms with E-state index < -0.39 is 0 Å². The second-order valence-electron chi connectivity index (χ2n) is 5.15. The maximum atomic E-state index is 5.63. The molecule has 0 saturated heterocycles. The quantitative estimate of drug-likeness (QED) is 0.899. The van der Waals surface area contributed by atoms with Crippen molar-refractivity contribution in [2.45, 2.75) is 19.5 Å². The van der Waals surface area contributed by atoms with Gasteiger partial charge in [0.25, 0.3) is 0 Å². The number of nitrogens with one attached hydrogen (secondary N) is 1. The number of nitrogens with zero attached hydrogens (tertiary/aromatic N) is 1. The molecule has 106 valence electrons. The van der Waals surface area contributed by atoms with Gasteiger partial charge in [0.1, 0.15) is 13.2 Å². The molecule has 1 heterocycles. The highest BCUT2D eigenvalue weighted by Gasteiger charge is 2.16. The topological polar surface area (TPSA) is 33.7 Å². The van der Waals surface area contributed by atoms with E-state index in [1.54, 1.807) is 0 Å². The average molecular weight is 329 g/mol. The van der Waals surface area contributed by atoms with Crippen LogP contribution >= 0.6 is 15.9 Å². The molecule has 1 N–H and O–H groups in total. The predicted molar refractivity (Wildman–Crippen MR) is 80.0 cm³/mol. The Morgan fingerprint density at radius 3 is 2.79 bits per heavy atom. The molecule has 0 fully saturated rings. The summed E-state index contributed by atoms with van der Waals surface area (Å²) < 4.78 is 12.2. The molecule has 5 heteroatoms. The van der Waals surface area contributed by atoms with Gasteiger partial charge in [0.2, 0.25) is 0 Å². The van der Waals surface area contributed by atoms with Crippen molar-refractivity contribution in [3.63, 3.8) is 0 Å². The second-order valence-corrected chi connectivity index (χ2v) is 6.00. The molecule has 1 aliphatic heterocycles. The summed E-state index contributed by atoms with van der Waals surface area (Å²) in [6.07, 6.45) is 0. The fourth-order valence-corrected chi connectivity index (χ4v) is 2.77. The Labute approximate surface area is 123 Å². The van der Waals surface area contributed by atoms with Crippen LogP contribution in [0, 0.1) is 0 Å². The van der Waals surface area contributed by atoms with Crippen LogP contribution in [0.1, 0.15) is 12.5 Å². The number of rotatable bonds is 5. The van der Waals surface area contributed by atoms with Gasteiger partial charge in [-0.1, -0.05) is 0 Å². The van der Waals surface area contributed by atoms with Gasteiger partial charge in [-0.25, -0.2) is 0 Å². The molecule has 1 aromatic carbocycles. The molecule has 0 radical (unpaired) electrons. The van der Waals surface area contributed by atoms with Crippen molar-refractivity contribution in [2.24, 2.45) is 0 Å². The van der Waals surface area contributed by atoms with Crippen molar-refractivity contribution in [1.29, 1.82) is 0 Å². The third kappa shape index (κ3) is 4.09. The van der Waals surface area contributed by atoms with Crippen LogP contribution < -0.4 is 14.8 Å². The molecule has 19 heavy (non-hydrogen) atoms. The van der Waals surface area contributed by atoms with E-state index >= 15 is 0 Å². The van der Waals surface area contributed by atoms with Gasteiger partial charge in [-0.3, -0.25) is 0 Å². The molecule has 2 rings (SSSR count). The van der Waals surface area contributed by atoms with Crippen LogP contribution in [0.2, 0.25) is 0 Å². The number of hydrogen-bond acceptors (Lipinski definition) is 4. The van der Waals surface area contributed by atoms with Crippen LogP contribution in [-0.2, 0) is 6.54 Å². The summed E-state index contributed by atoms with van der Waals surface area (Å²) in [5, 5.41) is 3.51. The minimum Gasteiger partial charge on any atom is -0.486 e. The lowest BCUT2D eigenvalue weighted by Crippen LogP contribution is -2.35. The molecule has 0 aliphatic carbocycles. The van der Waals surface area contributed by atoms with E-state index in [1.807, 2.05) is 0 Å². The summed E-state index contributed by atoms with van der Waals surface area (Å²) in [6, 6.07) is 4.58. The molecular formula is C14H21BrN2O2. The molecule has 4 nitrogen and oxygen atoms in total. The Morgan fingerprint density at radius 1 is 1.32 bits per heavy atom. The zero-order valence-corrected chi connectivity index (χ0v) is 13.3. The smallest absolute Gasteiger partial charge is 0.175 e. The molecule has 1 atom stereocenters. The Bertz CT molecular complexity index is 438. The minimum atomic E-state index is 0.446. The van der Waals surface area contributed by atoms with E-state index in [9.17, 15) is 0 Å². The van der Waals surface area contributed by atoms with Crippen LogP contribution in [0.3, 0.4) is 0 Å². The Kier molecular flexibility index (Phi) is 5.07. The maximum absolute atomic E-state index is 5.63. The van der Waals surface area contributed by atoms with Crippen LogP contribution in [0.4, 0.5) is 0 Å². The molecule has 0 bridgehead atoms. The molecule has 1 aromatic rings. The van der Waals surface area contributed by atoms with Crippen molar-refractivity contribution in [3.05, 3.63) is 22.2 Å². The highest BCUT2D eigenvalue weighted by atomic mass is 79.9. The van der Waals surface area contributed by atoms with Crippen LogP contribution in [-0.4, -0.2) is 44.8 Å². The van der Waals surface area contributed by atoms with Crippen molar-refractivity contribution >= 4 is 15.9 Å². The number of fused-ring (bicyclic) bond motifs is 1. The molecule has 0 aromatic heterocycles. The number of halogens is 1. The first kappa shape index (κ1) is 14.6. The Hall–Kier alpha value is -0.780. The van der Waals surface area contributed by atoms with E-state index in [-0.39, 0.29) is 0 Å². The highest BCUT2D eigenvalue weighted by molar-refractivity contribution is 9.10. The van der Waals surface area contributed by atoms with Gasteiger partial charge in [-0.05, 0) is 54.6 Å². The third-order valence-electron chi connectivity index (χ3n) is 2.95. The Balaban J connectivity index is 1.99.